The number of nitrogens with one attached hydrogen (secondary N) is 1. The Hall–Kier alpha value is -1.86. The Morgan fingerprint density at radius 2 is 1.92 bits per heavy atom. The molecule has 5 nitrogen and oxygen atoms in total. The number of amides is 2. The van der Waals surface area contributed by atoms with E-state index in [1.54, 1.807) is 0 Å². The van der Waals surface area contributed by atoms with Crippen LogP contribution in [0.5, 0.6) is 0 Å². The fourth-order valence-corrected chi connectivity index (χ4v) is 4.40. The van der Waals surface area contributed by atoms with E-state index in [1.807, 2.05) is 4.90 Å². The first-order chi connectivity index (χ1) is 11.7. The molecule has 1 aliphatic heterocycles. The van der Waals surface area contributed by atoms with Crippen molar-refractivity contribution in [1.82, 2.24) is 20.2 Å². The smallest absolute Gasteiger partial charge is 0.331 e. The second-order valence-electron chi connectivity index (χ2n) is 7.43. The summed E-state index contributed by atoms with van der Waals surface area (Å²) in [5.74, 6) is 0.540. The van der Waals surface area contributed by atoms with Gasteiger partial charge in [-0.15, -0.1) is 0 Å². The van der Waals surface area contributed by atoms with E-state index >= 15 is 0 Å². The summed E-state index contributed by atoms with van der Waals surface area (Å²) >= 11 is 0. The third-order valence-corrected chi connectivity index (χ3v) is 5.37. The van der Waals surface area contributed by atoms with Crippen molar-refractivity contribution < 1.29 is 18.0 Å². The second-order valence-corrected chi connectivity index (χ2v) is 7.43. The van der Waals surface area contributed by atoms with Gasteiger partial charge in [0.2, 0.25) is 0 Å². The molecule has 2 aliphatic rings. The normalized spacial score (nSPS) is 22.3. The van der Waals surface area contributed by atoms with Gasteiger partial charge in [0.25, 0.3) is 0 Å². The highest BCUT2D eigenvalue weighted by Crippen LogP contribution is 2.52. The first-order valence-corrected chi connectivity index (χ1v) is 8.65. The molecule has 2 fully saturated rings. The van der Waals surface area contributed by atoms with Crippen LogP contribution < -0.4 is 5.32 Å². The first-order valence-electron chi connectivity index (χ1n) is 8.65. The molecule has 1 N–H and O–H groups in total. The average molecular weight is 356 g/mol. The van der Waals surface area contributed by atoms with Crippen LogP contribution in [0.4, 0.5) is 18.0 Å². The highest BCUT2D eigenvalue weighted by atomic mass is 19.4. The van der Waals surface area contributed by atoms with Crippen LogP contribution in [0.2, 0.25) is 0 Å². The van der Waals surface area contributed by atoms with Crippen LogP contribution in [0, 0.1) is 11.3 Å². The van der Waals surface area contributed by atoms with Crippen molar-refractivity contribution >= 4 is 6.03 Å². The monoisotopic (exact) mass is 356 g/mol. The Morgan fingerprint density at radius 3 is 2.44 bits per heavy atom. The van der Waals surface area contributed by atoms with E-state index in [4.69, 9.17) is 0 Å². The summed E-state index contributed by atoms with van der Waals surface area (Å²) in [5.41, 5.74) is -0.635. The summed E-state index contributed by atoms with van der Waals surface area (Å²) < 4.78 is 37.5. The van der Waals surface area contributed by atoms with E-state index in [1.165, 1.54) is 25.7 Å². The lowest BCUT2D eigenvalue weighted by Crippen LogP contribution is -2.68. The number of likely N-dealkylation sites (tertiary alicyclic amines) is 1. The van der Waals surface area contributed by atoms with E-state index in [-0.39, 0.29) is 29.9 Å². The van der Waals surface area contributed by atoms with Gasteiger partial charge in [0.05, 0.1) is 12.1 Å². The van der Waals surface area contributed by atoms with E-state index in [2.05, 4.69) is 29.1 Å². The summed E-state index contributed by atoms with van der Waals surface area (Å²) in [5, 5.41) is 2.73. The lowest BCUT2D eigenvalue weighted by Gasteiger charge is -2.58. The minimum atomic E-state index is -4.46. The van der Waals surface area contributed by atoms with Crippen molar-refractivity contribution in [2.24, 2.45) is 11.3 Å². The van der Waals surface area contributed by atoms with Crippen molar-refractivity contribution in [3.05, 3.63) is 23.8 Å². The fraction of sp³-hybridized carbons (Fsp3) is 0.706. The van der Waals surface area contributed by atoms with Crippen molar-refractivity contribution in [2.45, 2.75) is 58.3 Å². The third kappa shape index (κ3) is 3.43. The molecule has 1 aromatic heterocycles. The molecule has 2 heterocycles. The van der Waals surface area contributed by atoms with E-state index in [0.717, 1.165) is 18.9 Å². The van der Waals surface area contributed by atoms with Crippen molar-refractivity contribution in [1.29, 1.82) is 0 Å². The van der Waals surface area contributed by atoms with Gasteiger partial charge in [-0.25, -0.2) is 14.8 Å². The average Bonchev–Trinajstić information content (AvgIpc) is 3.01. The highest BCUT2D eigenvalue weighted by molar-refractivity contribution is 5.76. The fourth-order valence-electron chi connectivity index (χ4n) is 4.40. The van der Waals surface area contributed by atoms with E-state index < -0.39 is 11.7 Å². The van der Waals surface area contributed by atoms with Gasteiger partial charge in [-0.1, -0.05) is 26.7 Å². The molecule has 1 atom stereocenters. The lowest BCUT2D eigenvalue weighted by atomic mass is 9.66. The molecule has 0 radical (unpaired) electrons. The zero-order chi connectivity index (χ0) is 18.2. The molecule has 2 amide bonds. The second kappa shape index (κ2) is 6.46. The number of nitrogens with zero attached hydrogens (tertiary/aromatic N) is 3. The largest absolute Gasteiger partial charge is 0.419 e. The maximum absolute atomic E-state index is 12.5. The standard InChI is InChI=1S/C17H23F3N4O/c1-11(2)14-16(5-3-4-6-16)10-24(14)15(25)23-9-13-21-7-12(8-22-13)17(18,19)20/h7-8,11,14H,3-6,9-10H2,1-2H3,(H,23,25)/t14-/m1/s1. The van der Waals surface area contributed by atoms with Crippen LogP contribution in [0.25, 0.3) is 0 Å². The van der Waals surface area contributed by atoms with Gasteiger partial charge in [0.1, 0.15) is 5.82 Å². The molecule has 1 saturated heterocycles. The zero-order valence-corrected chi connectivity index (χ0v) is 14.4. The summed E-state index contributed by atoms with van der Waals surface area (Å²) in [4.78, 5) is 21.7. The predicted octanol–water partition coefficient (Wildman–Crippen LogP) is 3.61. The molecule has 8 heteroatoms. The molecular formula is C17H23F3N4O. The summed E-state index contributed by atoms with van der Waals surface area (Å²) in [7, 11) is 0. The predicted molar refractivity (Wildman–Crippen MR) is 85.5 cm³/mol. The maximum atomic E-state index is 12.5. The molecule has 1 aliphatic carbocycles. The van der Waals surface area contributed by atoms with Gasteiger partial charge in [-0.3, -0.25) is 0 Å². The van der Waals surface area contributed by atoms with Gasteiger partial charge in [0.15, 0.2) is 0 Å². The molecule has 138 valence electrons. The summed E-state index contributed by atoms with van der Waals surface area (Å²) in [6.07, 6.45) is 1.80. The quantitative estimate of drug-likeness (QED) is 0.900. The van der Waals surface area contributed by atoms with Crippen molar-refractivity contribution in [2.75, 3.05) is 6.54 Å². The molecule has 1 saturated carbocycles. The molecule has 1 aromatic rings. The Kier molecular flexibility index (Phi) is 4.64. The number of halogens is 3. The van der Waals surface area contributed by atoms with Gasteiger partial charge in [0, 0.05) is 30.4 Å². The number of aromatic nitrogens is 2. The molecule has 0 aromatic carbocycles. The van der Waals surface area contributed by atoms with Crippen LogP contribution in [0.3, 0.4) is 0 Å². The zero-order valence-electron chi connectivity index (χ0n) is 14.4. The van der Waals surface area contributed by atoms with Crippen LogP contribution in [0.15, 0.2) is 12.4 Å². The molecule has 0 bridgehead atoms. The van der Waals surface area contributed by atoms with E-state index in [0.29, 0.717) is 5.92 Å². The van der Waals surface area contributed by atoms with Crippen molar-refractivity contribution in [3.8, 4) is 0 Å². The van der Waals surface area contributed by atoms with Gasteiger partial charge >= 0.3 is 12.2 Å². The summed E-state index contributed by atoms with van der Waals surface area (Å²) in [6, 6.07) is 0.0308. The van der Waals surface area contributed by atoms with Gasteiger partial charge < -0.3 is 10.2 Å². The SMILES string of the molecule is CC(C)[C@H]1N(C(=O)NCc2ncc(C(F)(F)F)cn2)CC12CCCC2. The van der Waals surface area contributed by atoms with Crippen LogP contribution >= 0.6 is 0 Å². The minimum Gasteiger partial charge on any atom is -0.331 e. The Morgan fingerprint density at radius 1 is 1.32 bits per heavy atom. The molecule has 3 rings (SSSR count). The van der Waals surface area contributed by atoms with Crippen molar-refractivity contribution in [3.63, 3.8) is 0 Å². The van der Waals surface area contributed by atoms with E-state index in [9.17, 15) is 18.0 Å². The third-order valence-electron chi connectivity index (χ3n) is 5.37. The van der Waals surface area contributed by atoms with Crippen LogP contribution in [-0.2, 0) is 12.7 Å². The number of carbonyl (C=O) groups excluding carboxylic acids is 1. The van der Waals surface area contributed by atoms with Gasteiger partial charge in [-0.05, 0) is 18.8 Å². The molecule has 1 spiro atoms. The number of hydrogen-bond donors (Lipinski definition) is 1. The van der Waals surface area contributed by atoms with Crippen LogP contribution in [0.1, 0.15) is 50.9 Å². The molecular weight excluding hydrogens is 333 g/mol. The topological polar surface area (TPSA) is 58.1 Å². The Labute approximate surface area is 145 Å². The first kappa shape index (κ1) is 17.9. The minimum absolute atomic E-state index is 0.0191. The highest BCUT2D eigenvalue weighted by Gasteiger charge is 2.56. The number of urea groups is 1. The summed E-state index contributed by atoms with van der Waals surface area (Å²) in [6.45, 7) is 5.03. The number of alkyl halides is 3. The molecule has 0 unspecified atom stereocenters. The number of carbonyl (C=O) groups is 1. The maximum Gasteiger partial charge on any atom is 0.419 e. The number of hydrogen-bond acceptors (Lipinski definition) is 3. The lowest BCUT2D eigenvalue weighted by molar-refractivity contribution is -0.138. The Bertz CT molecular complexity index is 624. The Balaban J connectivity index is 1.58. The van der Waals surface area contributed by atoms with Gasteiger partial charge in [-0.2, -0.15) is 13.2 Å². The number of rotatable bonds is 3. The van der Waals surface area contributed by atoms with Crippen LogP contribution in [-0.4, -0.2) is 33.5 Å². The molecule has 25 heavy (non-hydrogen) atoms.